The van der Waals surface area contributed by atoms with Crippen molar-refractivity contribution in [3.8, 4) is 0 Å². The third-order valence-electron chi connectivity index (χ3n) is 4.62. The molecule has 2 amide bonds. The number of aryl methyl sites for hydroxylation is 1. The highest BCUT2D eigenvalue weighted by Crippen LogP contribution is 2.16. The average molecular weight is 332 g/mol. The standard InChI is InChI=1S/C19H28N2O3/c1-13(2)17(19(23)21-11-9-16(24-4)10-12-21)20-18(22)15-7-5-14(3)6-8-15/h5-8,13,16-17H,9-12H2,1-4H3,(H,20,22). The molecule has 2 rings (SSSR count). The van der Waals surface area contributed by atoms with Gasteiger partial charge in [0, 0.05) is 25.8 Å². The van der Waals surface area contributed by atoms with Gasteiger partial charge in [-0.05, 0) is 37.8 Å². The summed E-state index contributed by atoms with van der Waals surface area (Å²) in [4.78, 5) is 27.1. The number of hydrogen-bond acceptors (Lipinski definition) is 3. The van der Waals surface area contributed by atoms with Crippen molar-refractivity contribution in [1.82, 2.24) is 10.2 Å². The molecule has 1 fully saturated rings. The zero-order valence-electron chi connectivity index (χ0n) is 15.0. The molecule has 5 heteroatoms. The number of nitrogens with zero attached hydrogens (tertiary/aromatic N) is 1. The maximum Gasteiger partial charge on any atom is 0.251 e. The first kappa shape index (κ1) is 18.5. The van der Waals surface area contributed by atoms with Gasteiger partial charge in [-0.25, -0.2) is 0 Å². The first-order chi connectivity index (χ1) is 11.4. The minimum atomic E-state index is -0.502. The Morgan fingerprint density at radius 2 is 1.75 bits per heavy atom. The van der Waals surface area contributed by atoms with Crippen molar-refractivity contribution in [3.05, 3.63) is 35.4 Å². The molecule has 1 saturated heterocycles. The highest BCUT2D eigenvalue weighted by Gasteiger charge is 2.31. The summed E-state index contributed by atoms with van der Waals surface area (Å²) in [5.41, 5.74) is 1.68. The van der Waals surface area contributed by atoms with Crippen molar-refractivity contribution in [1.29, 1.82) is 0 Å². The monoisotopic (exact) mass is 332 g/mol. The van der Waals surface area contributed by atoms with Crippen molar-refractivity contribution < 1.29 is 14.3 Å². The molecule has 24 heavy (non-hydrogen) atoms. The van der Waals surface area contributed by atoms with Crippen LogP contribution in [0.1, 0.15) is 42.6 Å². The molecule has 1 heterocycles. The van der Waals surface area contributed by atoms with Crippen LogP contribution in [0.15, 0.2) is 24.3 Å². The van der Waals surface area contributed by atoms with Crippen LogP contribution in [0.4, 0.5) is 0 Å². The lowest BCUT2D eigenvalue weighted by atomic mass is 9.99. The molecule has 132 valence electrons. The fourth-order valence-electron chi connectivity index (χ4n) is 2.95. The molecule has 0 aliphatic carbocycles. The average Bonchev–Trinajstić information content (AvgIpc) is 2.59. The van der Waals surface area contributed by atoms with Gasteiger partial charge in [0.25, 0.3) is 5.91 Å². The quantitative estimate of drug-likeness (QED) is 0.901. The molecular formula is C19H28N2O3. The number of amides is 2. The normalized spacial score (nSPS) is 17.0. The largest absolute Gasteiger partial charge is 0.381 e. The number of rotatable bonds is 5. The van der Waals surface area contributed by atoms with E-state index in [0.29, 0.717) is 18.7 Å². The molecule has 0 radical (unpaired) electrons. The third-order valence-corrected chi connectivity index (χ3v) is 4.62. The van der Waals surface area contributed by atoms with E-state index in [0.717, 1.165) is 18.4 Å². The topological polar surface area (TPSA) is 58.6 Å². The van der Waals surface area contributed by atoms with E-state index in [1.165, 1.54) is 0 Å². The molecule has 0 bridgehead atoms. The fourth-order valence-corrected chi connectivity index (χ4v) is 2.95. The van der Waals surface area contributed by atoms with E-state index in [2.05, 4.69) is 5.32 Å². The van der Waals surface area contributed by atoms with Crippen LogP contribution in [-0.4, -0.2) is 49.1 Å². The van der Waals surface area contributed by atoms with E-state index in [1.807, 2.05) is 37.8 Å². The molecule has 5 nitrogen and oxygen atoms in total. The summed E-state index contributed by atoms with van der Waals surface area (Å²) >= 11 is 0. The number of carbonyl (C=O) groups excluding carboxylic acids is 2. The number of benzene rings is 1. The number of carbonyl (C=O) groups is 2. The minimum absolute atomic E-state index is 0.0000136. The number of nitrogens with one attached hydrogen (secondary N) is 1. The Morgan fingerprint density at radius 3 is 2.25 bits per heavy atom. The highest BCUT2D eigenvalue weighted by molar-refractivity contribution is 5.97. The number of methoxy groups -OCH3 is 1. The van der Waals surface area contributed by atoms with E-state index in [1.54, 1.807) is 19.2 Å². The summed E-state index contributed by atoms with van der Waals surface area (Å²) < 4.78 is 5.35. The van der Waals surface area contributed by atoms with Crippen molar-refractivity contribution >= 4 is 11.8 Å². The van der Waals surface area contributed by atoms with Crippen molar-refractivity contribution in [2.45, 2.75) is 45.8 Å². The van der Waals surface area contributed by atoms with Crippen LogP contribution < -0.4 is 5.32 Å². The molecule has 0 aromatic heterocycles. The lowest BCUT2D eigenvalue weighted by Gasteiger charge is -2.35. The van der Waals surface area contributed by atoms with Gasteiger partial charge in [-0.15, -0.1) is 0 Å². The van der Waals surface area contributed by atoms with Gasteiger partial charge >= 0.3 is 0 Å². The van der Waals surface area contributed by atoms with Gasteiger partial charge in [0.15, 0.2) is 0 Å². The molecule has 1 aromatic rings. The highest BCUT2D eigenvalue weighted by atomic mass is 16.5. The van der Waals surface area contributed by atoms with Crippen LogP contribution in [0.3, 0.4) is 0 Å². The molecule has 1 atom stereocenters. The Balaban J connectivity index is 2.02. The van der Waals surface area contributed by atoms with Crippen LogP contribution in [-0.2, 0) is 9.53 Å². The second kappa shape index (κ2) is 8.29. The Hall–Kier alpha value is -1.88. The Labute approximate surface area is 144 Å². The Kier molecular flexibility index (Phi) is 6.37. The van der Waals surface area contributed by atoms with Crippen molar-refractivity contribution in [2.75, 3.05) is 20.2 Å². The molecule has 1 aliphatic heterocycles. The van der Waals surface area contributed by atoms with Gasteiger partial charge < -0.3 is 15.0 Å². The number of likely N-dealkylation sites (tertiary alicyclic amines) is 1. The van der Waals surface area contributed by atoms with Crippen LogP contribution in [0.5, 0.6) is 0 Å². The van der Waals surface area contributed by atoms with Crippen molar-refractivity contribution in [2.24, 2.45) is 5.92 Å². The van der Waals surface area contributed by atoms with Crippen LogP contribution in [0.25, 0.3) is 0 Å². The Bertz CT molecular complexity index is 560. The number of piperidine rings is 1. The minimum Gasteiger partial charge on any atom is -0.381 e. The van der Waals surface area contributed by atoms with Crippen molar-refractivity contribution in [3.63, 3.8) is 0 Å². The first-order valence-corrected chi connectivity index (χ1v) is 8.61. The fraction of sp³-hybridized carbons (Fsp3) is 0.579. The molecular weight excluding hydrogens is 304 g/mol. The molecule has 1 unspecified atom stereocenters. The third kappa shape index (κ3) is 4.57. The Morgan fingerprint density at radius 1 is 1.17 bits per heavy atom. The summed E-state index contributed by atoms with van der Waals surface area (Å²) in [5, 5.41) is 2.91. The second-order valence-electron chi connectivity index (χ2n) is 6.82. The summed E-state index contributed by atoms with van der Waals surface area (Å²) in [7, 11) is 1.71. The van der Waals surface area contributed by atoms with Crippen LogP contribution in [0.2, 0.25) is 0 Å². The van der Waals surface area contributed by atoms with Gasteiger partial charge in [-0.2, -0.15) is 0 Å². The van der Waals surface area contributed by atoms with Gasteiger partial charge in [0.2, 0.25) is 5.91 Å². The summed E-state index contributed by atoms with van der Waals surface area (Å²) in [6, 6.07) is 6.87. The van der Waals surface area contributed by atoms with E-state index >= 15 is 0 Å². The van der Waals surface area contributed by atoms with Gasteiger partial charge in [0.05, 0.1) is 6.10 Å². The number of ether oxygens (including phenoxy) is 1. The zero-order chi connectivity index (χ0) is 17.7. The molecule has 1 aromatic carbocycles. The number of hydrogen-bond donors (Lipinski definition) is 1. The van der Waals surface area contributed by atoms with E-state index in [4.69, 9.17) is 4.74 Å². The van der Waals surface area contributed by atoms with E-state index in [9.17, 15) is 9.59 Å². The summed E-state index contributed by atoms with van der Waals surface area (Å²) in [5.74, 6) is -0.166. The maximum atomic E-state index is 12.8. The lowest BCUT2D eigenvalue weighted by Crippen LogP contribution is -2.53. The van der Waals surface area contributed by atoms with E-state index < -0.39 is 6.04 Å². The summed E-state index contributed by atoms with van der Waals surface area (Å²) in [6.07, 6.45) is 1.92. The van der Waals surface area contributed by atoms with E-state index in [-0.39, 0.29) is 23.8 Å². The van der Waals surface area contributed by atoms with Crippen LogP contribution in [0, 0.1) is 12.8 Å². The first-order valence-electron chi connectivity index (χ1n) is 8.61. The smallest absolute Gasteiger partial charge is 0.251 e. The van der Waals surface area contributed by atoms with Gasteiger partial charge in [-0.1, -0.05) is 31.5 Å². The lowest BCUT2D eigenvalue weighted by molar-refractivity contribution is -0.136. The molecule has 1 N–H and O–H groups in total. The maximum absolute atomic E-state index is 12.8. The van der Waals surface area contributed by atoms with Gasteiger partial charge in [-0.3, -0.25) is 9.59 Å². The predicted molar refractivity (Wildman–Crippen MR) is 93.9 cm³/mol. The predicted octanol–water partition coefficient (Wildman–Crippen LogP) is 2.39. The van der Waals surface area contributed by atoms with Gasteiger partial charge in [0.1, 0.15) is 6.04 Å². The zero-order valence-corrected chi connectivity index (χ0v) is 15.0. The van der Waals surface area contributed by atoms with Crippen LogP contribution >= 0.6 is 0 Å². The molecule has 0 spiro atoms. The molecule has 0 saturated carbocycles. The summed E-state index contributed by atoms with van der Waals surface area (Å²) in [6.45, 7) is 7.26. The molecule has 1 aliphatic rings. The second-order valence-corrected chi connectivity index (χ2v) is 6.82. The SMILES string of the molecule is COC1CCN(C(=O)C(NC(=O)c2ccc(C)cc2)C(C)C)CC1.